The normalized spacial score (nSPS) is 12.8. The summed E-state index contributed by atoms with van der Waals surface area (Å²) in [5.41, 5.74) is 1.27. The summed E-state index contributed by atoms with van der Waals surface area (Å²) in [6.45, 7) is 11.3. The van der Waals surface area contributed by atoms with Gasteiger partial charge in [0.05, 0.1) is 0 Å². The lowest BCUT2D eigenvalue weighted by Gasteiger charge is -2.19. The molecule has 0 aliphatic heterocycles. The Balaban J connectivity index is 2.43. The van der Waals surface area contributed by atoms with Gasteiger partial charge in [-0.2, -0.15) is 11.8 Å². The number of ether oxygens (including phenoxy) is 1. The van der Waals surface area contributed by atoms with Crippen LogP contribution in [0.4, 0.5) is 0 Å². The van der Waals surface area contributed by atoms with Crippen molar-refractivity contribution in [2.75, 3.05) is 12.3 Å². The van der Waals surface area contributed by atoms with Crippen molar-refractivity contribution in [3.8, 4) is 5.75 Å². The predicted molar refractivity (Wildman–Crippen MR) is 95.7 cm³/mol. The van der Waals surface area contributed by atoms with Crippen LogP contribution in [-0.4, -0.2) is 29.1 Å². The molecule has 0 aromatic heterocycles. The summed E-state index contributed by atoms with van der Waals surface area (Å²) < 4.78 is 6.03. The van der Waals surface area contributed by atoms with Crippen LogP contribution in [0.15, 0.2) is 24.3 Å². The summed E-state index contributed by atoms with van der Waals surface area (Å²) in [5.74, 6) is 1.64. The fourth-order valence-corrected chi connectivity index (χ4v) is 2.75. The third kappa shape index (κ3) is 7.21. The van der Waals surface area contributed by atoms with Gasteiger partial charge in [0.1, 0.15) is 5.75 Å². The highest BCUT2D eigenvalue weighted by Crippen LogP contribution is 2.22. The zero-order valence-electron chi connectivity index (χ0n) is 14.4. The second-order valence-corrected chi connectivity index (χ2v) is 8.19. The first-order valence-corrected chi connectivity index (χ1v) is 9.01. The van der Waals surface area contributed by atoms with Gasteiger partial charge < -0.3 is 10.1 Å². The fourth-order valence-electron chi connectivity index (χ4n) is 1.94. The quantitative estimate of drug-likeness (QED) is 0.733. The second kappa shape index (κ2) is 9.09. The number of thioether (sulfide) groups is 1. The average Bonchev–Trinajstić information content (AvgIpc) is 2.48. The molecule has 0 aliphatic rings. The van der Waals surface area contributed by atoms with Gasteiger partial charge >= 0.3 is 0 Å². The lowest BCUT2D eigenvalue weighted by atomic mass is 10.2. The highest BCUT2D eigenvalue weighted by Gasteiger charge is 2.18. The monoisotopic (exact) mass is 323 g/mol. The van der Waals surface area contributed by atoms with Crippen LogP contribution in [0.3, 0.4) is 0 Å². The molecule has 124 valence electrons. The lowest BCUT2D eigenvalue weighted by molar-refractivity contribution is -0.127. The summed E-state index contributed by atoms with van der Waals surface area (Å²) in [4.78, 5) is 12.2. The van der Waals surface area contributed by atoms with Crippen molar-refractivity contribution >= 4 is 17.7 Å². The molecule has 1 amide bonds. The Kier molecular flexibility index (Phi) is 7.80. The van der Waals surface area contributed by atoms with Gasteiger partial charge in [0.25, 0.3) is 5.91 Å². The fraction of sp³-hybridized carbons (Fsp3) is 0.611. The molecule has 0 heterocycles. The minimum atomic E-state index is -0.424. The molecule has 0 unspecified atom stereocenters. The zero-order valence-corrected chi connectivity index (χ0v) is 15.3. The molecule has 0 bridgehead atoms. The number of carbonyl (C=O) groups excluding carboxylic acids is 1. The smallest absolute Gasteiger partial charge is 0.261 e. The van der Waals surface area contributed by atoms with Gasteiger partial charge in [0, 0.05) is 17.0 Å². The average molecular weight is 324 g/mol. The third-order valence-corrected chi connectivity index (χ3v) is 4.48. The molecule has 0 fully saturated rings. The van der Waals surface area contributed by atoms with Crippen molar-refractivity contribution in [1.29, 1.82) is 0 Å². The van der Waals surface area contributed by atoms with Crippen LogP contribution in [0, 0.1) is 0 Å². The van der Waals surface area contributed by atoms with Crippen LogP contribution in [0.1, 0.15) is 46.6 Å². The van der Waals surface area contributed by atoms with Crippen LogP contribution in [0.25, 0.3) is 0 Å². The molecule has 4 heteroatoms. The summed E-state index contributed by atoms with van der Waals surface area (Å²) in [6.07, 6.45) is 1.24. The Bertz CT molecular complexity index is 451. The van der Waals surface area contributed by atoms with Crippen LogP contribution >= 0.6 is 11.8 Å². The number of nitrogens with one attached hydrogen (secondary N) is 1. The second-order valence-electron chi connectivity index (χ2n) is 6.26. The van der Waals surface area contributed by atoms with Crippen molar-refractivity contribution in [2.45, 2.75) is 58.3 Å². The van der Waals surface area contributed by atoms with E-state index in [1.165, 1.54) is 5.56 Å². The molecule has 0 aliphatic carbocycles. The highest BCUT2D eigenvalue weighted by molar-refractivity contribution is 8.00. The Labute approximate surface area is 139 Å². The van der Waals surface area contributed by atoms with E-state index in [1.54, 1.807) is 0 Å². The van der Waals surface area contributed by atoms with Crippen LogP contribution in [-0.2, 0) is 11.2 Å². The van der Waals surface area contributed by atoms with Crippen molar-refractivity contribution in [2.24, 2.45) is 0 Å². The molecule has 1 atom stereocenters. The molecule has 0 radical (unpaired) electrons. The maximum Gasteiger partial charge on any atom is 0.261 e. The minimum absolute atomic E-state index is 0.0309. The molecule has 1 aromatic rings. The standard InChI is InChI=1S/C18H29NO2S/c1-6-14-8-10-15(11-9-14)21-16(7-2)17(20)19-12-13-22-18(3,4)5/h8-11,16H,6-7,12-13H2,1-5H3,(H,19,20)/t16-/m0/s1. The van der Waals surface area contributed by atoms with Gasteiger partial charge in [-0.1, -0.05) is 46.8 Å². The van der Waals surface area contributed by atoms with E-state index in [1.807, 2.05) is 43.0 Å². The summed E-state index contributed by atoms with van der Waals surface area (Å²) in [5, 5.41) is 2.96. The number of benzene rings is 1. The van der Waals surface area contributed by atoms with Gasteiger partial charge in [-0.3, -0.25) is 4.79 Å². The molecule has 1 aromatic carbocycles. The first kappa shape index (κ1) is 18.9. The zero-order chi connectivity index (χ0) is 16.6. The molecule has 22 heavy (non-hydrogen) atoms. The minimum Gasteiger partial charge on any atom is -0.481 e. The van der Waals surface area contributed by atoms with E-state index in [0.29, 0.717) is 13.0 Å². The van der Waals surface area contributed by atoms with E-state index in [-0.39, 0.29) is 10.7 Å². The van der Waals surface area contributed by atoms with Crippen LogP contribution in [0.5, 0.6) is 5.75 Å². The number of aryl methyl sites for hydroxylation is 1. The van der Waals surface area contributed by atoms with E-state index in [2.05, 4.69) is 33.0 Å². The Morgan fingerprint density at radius 2 is 1.86 bits per heavy atom. The summed E-state index contributed by atoms with van der Waals surface area (Å²) in [6, 6.07) is 7.95. The molecule has 3 nitrogen and oxygen atoms in total. The molecule has 1 rings (SSSR count). The van der Waals surface area contributed by atoms with Gasteiger partial charge in [-0.15, -0.1) is 0 Å². The Hall–Kier alpha value is -1.16. The number of rotatable bonds is 8. The van der Waals surface area contributed by atoms with Gasteiger partial charge in [0.15, 0.2) is 6.10 Å². The Morgan fingerprint density at radius 1 is 1.23 bits per heavy atom. The number of amides is 1. The first-order valence-electron chi connectivity index (χ1n) is 8.03. The topological polar surface area (TPSA) is 38.3 Å². The van der Waals surface area contributed by atoms with Crippen molar-refractivity contribution in [1.82, 2.24) is 5.32 Å². The maximum absolute atomic E-state index is 12.2. The summed E-state index contributed by atoms with van der Waals surface area (Å²) in [7, 11) is 0. The lowest BCUT2D eigenvalue weighted by Crippen LogP contribution is -2.39. The van der Waals surface area contributed by atoms with Gasteiger partial charge in [-0.05, 0) is 30.5 Å². The first-order chi connectivity index (χ1) is 10.4. The van der Waals surface area contributed by atoms with Gasteiger partial charge in [-0.25, -0.2) is 0 Å². The number of hydrogen-bond acceptors (Lipinski definition) is 3. The molecular weight excluding hydrogens is 294 g/mol. The van der Waals surface area contributed by atoms with Crippen molar-refractivity contribution in [3.05, 3.63) is 29.8 Å². The van der Waals surface area contributed by atoms with E-state index < -0.39 is 6.10 Å². The van der Waals surface area contributed by atoms with E-state index >= 15 is 0 Å². The maximum atomic E-state index is 12.2. The van der Waals surface area contributed by atoms with Crippen LogP contribution < -0.4 is 10.1 Å². The number of hydrogen-bond donors (Lipinski definition) is 1. The van der Waals surface area contributed by atoms with E-state index in [0.717, 1.165) is 17.9 Å². The van der Waals surface area contributed by atoms with Crippen LogP contribution in [0.2, 0.25) is 0 Å². The van der Waals surface area contributed by atoms with Crippen molar-refractivity contribution < 1.29 is 9.53 Å². The van der Waals surface area contributed by atoms with E-state index in [4.69, 9.17) is 4.74 Å². The SMILES string of the molecule is CCc1ccc(O[C@@H](CC)C(=O)NCCSC(C)(C)C)cc1. The predicted octanol–water partition coefficient (Wildman–Crippen LogP) is 4.05. The number of carbonyl (C=O) groups is 1. The van der Waals surface area contributed by atoms with Crippen molar-refractivity contribution in [3.63, 3.8) is 0 Å². The van der Waals surface area contributed by atoms with Gasteiger partial charge in [0.2, 0.25) is 0 Å². The van der Waals surface area contributed by atoms with E-state index in [9.17, 15) is 4.79 Å². The Morgan fingerprint density at radius 3 is 2.36 bits per heavy atom. The molecule has 0 saturated carbocycles. The molecule has 0 spiro atoms. The third-order valence-electron chi connectivity index (χ3n) is 3.21. The largest absolute Gasteiger partial charge is 0.481 e. The summed E-state index contributed by atoms with van der Waals surface area (Å²) >= 11 is 1.85. The molecule has 1 N–H and O–H groups in total. The highest BCUT2D eigenvalue weighted by atomic mass is 32.2. The molecule has 0 saturated heterocycles. The molecular formula is C18H29NO2S.